The Morgan fingerprint density at radius 1 is 1.14 bits per heavy atom. The van der Waals surface area contributed by atoms with E-state index in [0.717, 1.165) is 0 Å². The fourth-order valence-electron chi connectivity index (χ4n) is 2.11. The molecule has 1 aromatic rings. The van der Waals surface area contributed by atoms with E-state index < -0.39 is 15.9 Å². The second kappa shape index (κ2) is 6.52. The van der Waals surface area contributed by atoms with Gasteiger partial charge in [-0.15, -0.1) is 0 Å². The van der Waals surface area contributed by atoms with Crippen molar-refractivity contribution in [3.05, 3.63) is 29.8 Å². The van der Waals surface area contributed by atoms with Gasteiger partial charge in [-0.1, -0.05) is 0 Å². The topological polar surface area (TPSA) is 78.9 Å². The van der Waals surface area contributed by atoms with E-state index in [0.29, 0.717) is 31.7 Å². The van der Waals surface area contributed by atoms with Crippen LogP contribution < -0.4 is 5.48 Å². The summed E-state index contributed by atoms with van der Waals surface area (Å²) in [5.41, 5.74) is 2.53. The van der Waals surface area contributed by atoms with Crippen LogP contribution in [0.25, 0.3) is 0 Å². The summed E-state index contributed by atoms with van der Waals surface area (Å²) in [5, 5.41) is 0. The van der Waals surface area contributed by atoms with Gasteiger partial charge in [0.25, 0.3) is 5.91 Å². The quantitative estimate of drug-likeness (QED) is 0.786. The number of rotatable bonds is 4. The van der Waals surface area contributed by atoms with Gasteiger partial charge in [-0.05, 0) is 31.3 Å². The molecule has 1 aliphatic rings. The van der Waals surface area contributed by atoms with Gasteiger partial charge < -0.3 is 4.90 Å². The largest absolute Gasteiger partial charge is 0.304 e. The lowest BCUT2D eigenvalue weighted by Crippen LogP contribution is -2.47. The van der Waals surface area contributed by atoms with Crippen molar-refractivity contribution < 1.29 is 18.0 Å². The molecule has 0 aliphatic carbocycles. The minimum Gasteiger partial charge on any atom is -0.304 e. The second-order valence-electron chi connectivity index (χ2n) is 4.87. The zero-order valence-electron chi connectivity index (χ0n) is 12.1. The summed E-state index contributed by atoms with van der Waals surface area (Å²) in [6.45, 7) is 2.39. The minimum atomic E-state index is -3.50. The Balaban J connectivity index is 2.15. The Morgan fingerprint density at radius 3 is 2.24 bits per heavy atom. The van der Waals surface area contributed by atoms with Gasteiger partial charge in [0.2, 0.25) is 10.0 Å². The number of sulfonamides is 1. The predicted molar refractivity (Wildman–Crippen MR) is 77.2 cm³/mol. The molecule has 21 heavy (non-hydrogen) atoms. The van der Waals surface area contributed by atoms with Crippen molar-refractivity contribution in [1.29, 1.82) is 0 Å². The molecule has 0 bridgehead atoms. The van der Waals surface area contributed by atoms with Crippen molar-refractivity contribution in [2.24, 2.45) is 0 Å². The molecule has 0 atom stereocenters. The highest BCUT2D eigenvalue weighted by molar-refractivity contribution is 7.89. The highest BCUT2D eigenvalue weighted by atomic mass is 32.2. The van der Waals surface area contributed by atoms with Crippen molar-refractivity contribution in [3.63, 3.8) is 0 Å². The van der Waals surface area contributed by atoms with E-state index >= 15 is 0 Å². The van der Waals surface area contributed by atoms with Crippen LogP contribution in [0.4, 0.5) is 0 Å². The molecule has 7 nitrogen and oxygen atoms in total. The lowest BCUT2D eigenvalue weighted by atomic mass is 10.2. The molecular weight excluding hydrogens is 294 g/mol. The Kier molecular flexibility index (Phi) is 4.94. The summed E-state index contributed by atoms with van der Waals surface area (Å²) in [4.78, 5) is 18.4. The first kappa shape index (κ1) is 15.9. The number of carbonyl (C=O) groups excluding carboxylic acids is 1. The molecule has 1 saturated heterocycles. The third-order valence-electron chi connectivity index (χ3n) is 3.41. The molecule has 1 heterocycles. The van der Waals surface area contributed by atoms with Gasteiger partial charge in [0.1, 0.15) is 0 Å². The second-order valence-corrected chi connectivity index (χ2v) is 6.80. The number of piperazine rings is 1. The van der Waals surface area contributed by atoms with Gasteiger partial charge >= 0.3 is 0 Å². The normalized spacial score (nSPS) is 17.6. The number of hydrogen-bond acceptors (Lipinski definition) is 5. The third-order valence-corrected chi connectivity index (χ3v) is 5.32. The molecular formula is C13H19N3O4S. The molecule has 0 spiro atoms. The maximum atomic E-state index is 12.5. The summed E-state index contributed by atoms with van der Waals surface area (Å²) in [7, 11) is -0.194. The van der Waals surface area contributed by atoms with Crippen LogP contribution in [-0.2, 0) is 14.9 Å². The zero-order chi connectivity index (χ0) is 15.5. The van der Waals surface area contributed by atoms with E-state index in [4.69, 9.17) is 0 Å². The van der Waals surface area contributed by atoms with Crippen molar-refractivity contribution >= 4 is 15.9 Å². The fraction of sp³-hybridized carbons (Fsp3) is 0.462. The van der Waals surface area contributed by atoms with Gasteiger partial charge in [0, 0.05) is 31.7 Å². The van der Waals surface area contributed by atoms with Crippen LogP contribution in [-0.4, -0.2) is 63.9 Å². The van der Waals surface area contributed by atoms with E-state index in [9.17, 15) is 13.2 Å². The highest BCUT2D eigenvalue weighted by Gasteiger charge is 2.27. The van der Waals surface area contributed by atoms with Crippen molar-refractivity contribution in [2.75, 3.05) is 40.3 Å². The molecule has 0 aromatic heterocycles. The van der Waals surface area contributed by atoms with E-state index in [1.54, 1.807) is 0 Å². The van der Waals surface area contributed by atoms with E-state index in [1.165, 1.54) is 35.7 Å². The van der Waals surface area contributed by atoms with Crippen LogP contribution in [0.15, 0.2) is 29.2 Å². The lowest BCUT2D eigenvalue weighted by molar-refractivity contribution is 0.0537. The van der Waals surface area contributed by atoms with Gasteiger partial charge in [-0.2, -0.15) is 4.31 Å². The number of benzene rings is 1. The number of likely N-dealkylation sites (N-methyl/N-ethyl adjacent to an activating group) is 1. The van der Waals surface area contributed by atoms with E-state index in [1.807, 2.05) is 7.05 Å². The number of carbonyl (C=O) groups is 1. The summed E-state index contributed by atoms with van der Waals surface area (Å²) < 4.78 is 26.4. The maximum absolute atomic E-state index is 12.5. The molecule has 0 unspecified atom stereocenters. The summed E-state index contributed by atoms with van der Waals surface area (Å²) in [6.07, 6.45) is 0. The SMILES string of the molecule is CONC(=O)c1ccc(S(=O)(=O)N2CCN(C)CC2)cc1. The minimum absolute atomic E-state index is 0.195. The molecule has 8 heteroatoms. The fourth-order valence-corrected chi connectivity index (χ4v) is 3.53. The molecule has 1 aliphatic heterocycles. The third kappa shape index (κ3) is 3.59. The first-order valence-corrected chi connectivity index (χ1v) is 8.01. The van der Waals surface area contributed by atoms with Crippen LogP contribution in [0, 0.1) is 0 Å². The monoisotopic (exact) mass is 313 g/mol. The van der Waals surface area contributed by atoms with Crippen LogP contribution in [0.1, 0.15) is 10.4 Å². The predicted octanol–water partition coefficient (Wildman–Crippen LogP) is -0.0861. The average Bonchev–Trinajstić information content (AvgIpc) is 2.48. The summed E-state index contributed by atoms with van der Waals surface area (Å²) in [6, 6.07) is 5.82. The van der Waals surface area contributed by atoms with Gasteiger partial charge in [-0.25, -0.2) is 13.9 Å². The number of hydroxylamine groups is 1. The zero-order valence-corrected chi connectivity index (χ0v) is 12.9. The first-order valence-electron chi connectivity index (χ1n) is 6.57. The van der Waals surface area contributed by atoms with Crippen LogP contribution in [0.3, 0.4) is 0 Å². The molecule has 116 valence electrons. The standard InChI is InChI=1S/C13H19N3O4S/c1-15-7-9-16(10-8-15)21(18,19)12-5-3-11(4-6-12)13(17)14-20-2/h3-6H,7-10H2,1-2H3,(H,14,17). The molecule has 1 fully saturated rings. The first-order chi connectivity index (χ1) is 9.95. The highest BCUT2D eigenvalue weighted by Crippen LogP contribution is 2.18. The molecule has 0 saturated carbocycles. The van der Waals surface area contributed by atoms with E-state index in [-0.39, 0.29) is 4.90 Å². The summed E-state index contributed by atoms with van der Waals surface area (Å²) >= 11 is 0. The number of nitrogens with one attached hydrogen (secondary N) is 1. The van der Waals surface area contributed by atoms with Crippen LogP contribution in [0.2, 0.25) is 0 Å². The molecule has 2 rings (SSSR count). The molecule has 0 radical (unpaired) electrons. The Morgan fingerprint density at radius 2 is 1.71 bits per heavy atom. The number of nitrogens with zero attached hydrogens (tertiary/aromatic N) is 2. The average molecular weight is 313 g/mol. The Hall–Kier alpha value is -1.48. The molecule has 1 N–H and O–H groups in total. The maximum Gasteiger partial charge on any atom is 0.274 e. The van der Waals surface area contributed by atoms with Gasteiger partial charge in [-0.3, -0.25) is 9.63 Å². The van der Waals surface area contributed by atoms with Crippen LogP contribution in [0.5, 0.6) is 0 Å². The number of hydrogen-bond donors (Lipinski definition) is 1. The van der Waals surface area contributed by atoms with Gasteiger partial charge in [0.05, 0.1) is 12.0 Å². The van der Waals surface area contributed by atoms with Crippen molar-refractivity contribution in [1.82, 2.24) is 14.7 Å². The van der Waals surface area contributed by atoms with Gasteiger partial charge in [0.15, 0.2) is 0 Å². The van der Waals surface area contributed by atoms with Crippen molar-refractivity contribution in [2.45, 2.75) is 4.90 Å². The number of amides is 1. The molecule has 1 aromatic carbocycles. The lowest BCUT2D eigenvalue weighted by Gasteiger charge is -2.31. The smallest absolute Gasteiger partial charge is 0.274 e. The van der Waals surface area contributed by atoms with E-state index in [2.05, 4.69) is 15.2 Å². The van der Waals surface area contributed by atoms with Crippen molar-refractivity contribution in [3.8, 4) is 0 Å². The Labute approximate surface area is 124 Å². The Bertz CT molecular complexity index is 592. The summed E-state index contributed by atoms with van der Waals surface area (Å²) in [5.74, 6) is -0.416. The molecule has 1 amide bonds. The van der Waals surface area contributed by atoms with Crippen LogP contribution >= 0.6 is 0 Å².